The number of hydrogen-bond acceptors (Lipinski definition) is 6. The second-order valence-electron chi connectivity index (χ2n) is 9.89. The summed E-state index contributed by atoms with van der Waals surface area (Å²) in [6.45, 7) is 4.64. The van der Waals surface area contributed by atoms with Crippen LogP contribution in [0.15, 0.2) is 12.4 Å². The van der Waals surface area contributed by atoms with Crippen LogP contribution in [0.4, 0.5) is 5.95 Å². The average molecular weight is 448 g/mol. The van der Waals surface area contributed by atoms with Gasteiger partial charge in [-0.2, -0.15) is 0 Å². The molecular weight excluding hydrogens is 414 g/mol. The molecule has 170 valence electrons. The molecule has 4 heterocycles. The van der Waals surface area contributed by atoms with Crippen molar-refractivity contribution in [1.82, 2.24) is 14.9 Å². The fourth-order valence-corrected chi connectivity index (χ4v) is 6.83. The third kappa shape index (κ3) is 4.41. The number of primary amides is 1. The second-order valence-corrected chi connectivity index (χ2v) is 10.3. The molecule has 1 aromatic rings. The molecule has 5 rings (SSSR count). The number of rotatable bonds is 7. The summed E-state index contributed by atoms with van der Waals surface area (Å²) in [7, 11) is 0. The summed E-state index contributed by atoms with van der Waals surface area (Å²) >= 11 is 5.96. The van der Waals surface area contributed by atoms with Crippen LogP contribution in [0.2, 0.25) is 5.02 Å². The minimum absolute atomic E-state index is 0.147. The highest BCUT2D eigenvalue weighted by Gasteiger charge is 2.53. The number of nitrogens with two attached hydrogens (primary N) is 1. The number of halogens is 1. The molecule has 31 heavy (non-hydrogen) atoms. The van der Waals surface area contributed by atoms with Gasteiger partial charge in [0, 0.05) is 44.2 Å². The Hall–Kier alpha value is -1.44. The van der Waals surface area contributed by atoms with E-state index in [0.29, 0.717) is 47.3 Å². The predicted molar refractivity (Wildman–Crippen MR) is 120 cm³/mol. The van der Waals surface area contributed by atoms with E-state index in [1.54, 1.807) is 12.4 Å². The van der Waals surface area contributed by atoms with Gasteiger partial charge in [0.05, 0.1) is 23.5 Å². The lowest BCUT2D eigenvalue weighted by Crippen LogP contribution is -2.52. The highest BCUT2D eigenvalue weighted by molar-refractivity contribution is 6.30. The smallest absolute Gasteiger partial charge is 0.225 e. The van der Waals surface area contributed by atoms with E-state index >= 15 is 0 Å². The van der Waals surface area contributed by atoms with E-state index in [2.05, 4.69) is 26.7 Å². The van der Waals surface area contributed by atoms with Crippen LogP contribution in [0.3, 0.4) is 0 Å². The molecule has 1 amide bonds. The Morgan fingerprint density at radius 3 is 2.55 bits per heavy atom. The molecule has 0 radical (unpaired) electrons. The summed E-state index contributed by atoms with van der Waals surface area (Å²) in [5.74, 6) is 2.40. The second kappa shape index (κ2) is 8.83. The van der Waals surface area contributed by atoms with Gasteiger partial charge in [0.15, 0.2) is 0 Å². The lowest BCUT2D eigenvalue weighted by Gasteiger charge is -2.47. The van der Waals surface area contributed by atoms with Gasteiger partial charge >= 0.3 is 0 Å². The van der Waals surface area contributed by atoms with Crippen molar-refractivity contribution in [2.75, 3.05) is 24.6 Å². The zero-order valence-corrected chi connectivity index (χ0v) is 19.1. The summed E-state index contributed by atoms with van der Waals surface area (Å²) in [4.78, 5) is 25.2. The van der Waals surface area contributed by atoms with Crippen molar-refractivity contribution in [3.05, 3.63) is 17.4 Å². The number of piperidine rings is 2. The van der Waals surface area contributed by atoms with Gasteiger partial charge in [0.1, 0.15) is 0 Å². The Kier molecular flexibility index (Phi) is 6.10. The number of carbonyl (C=O) groups is 1. The third-order valence-corrected chi connectivity index (χ3v) is 8.24. The average Bonchev–Trinajstić information content (AvgIpc) is 3.44. The first-order valence-corrected chi connectivity index (χ1v) is 12.3. The molecule has 4 aliphatic rings. The fourth-order valence-electron chi connectivity index (χ4n) is 6.74. The Bertz CT molecular complexity index is 779. The summed E-state index contributed by atoms with van der Waals surface area (Å²) in [5.41, 5.74) is 5.44. The van der Waals surface area contributed by atoms with E-state index in [-0.39, 0.29) is 12.0 Å². The molecule has 1 saturated carbocycles. The summed E-state index contributed by atoms with van der Waals surface area (Å²) in [6, 6.07) is 1.94. The lowest BCUT2D eigenvalue weighted by atomic mass is 9.74. The number of fused-ring (bicyclic) bond motifs is 2. The molecule has 3 saturated heterocycles. The maximum atomic E-state index is 11.3. The van der Waals surface area contributed by atoms with Crippen molar-refractivity contribution in [3.63, 3.8) is 0 Å². The van der Waals surface area contributed by atoms with Crippen molar-refractivity contribution in [2.24, 2.45) is 23.5 Å². The van der Waals surface area contributed by atoms with E-state index in [1.165, 1.54) is 25.7 Å². The van der Waals surface area contributed by atoms with Gasteiger partial charge in [-0.05, 0) is 63.2 Å². The summed E-state index contributed by atoms with van der Waals surface area (Å²) < 4.78 is 6.27. The topological polar surface area (TPSA) is 84.6 Å². The monoisotopic (exact) mass is 447 g/mol. The van der Waals surface area contributed by atoms with Crippen molar-refractivity contribution < 1.29 is 9.53 Å². The molecule has 2 bridgehead atoms. The molecule has 0 aromatic carbocycles. The first-order chi connectivity index (χ1) is 15.0. The van der Waals surface area contributed by atoms with Gasteiger partial charge < -0.3 is 15.4 Å². The maximum absolute atomic E-state index is 11.3. The van der Waals surface area contributed by atoms with Gasteiger partial charge in [-0.25, -0.2) is 9.97 Å². The molecule has 1 aromatic heterocycles. The van der Waals surface area contributed by atoms with Gasteiger partial charge in [-0.1, -0.05) is 11.6 Å². The predicted octanol–water partition coefficient (Wildman–Crippen LogP) is 2.87. The maximum Gasteiger partial charge on any atom is 0.225 e. The molecule has 2 N–H and O–H groups in total. The molecule has 1 aliphatic carbocycles. The zero-order valence-electron chi connectivity index (χ0n) is 18.3. The minimum atomic E-state index is -0.147. The van der Waals surface area contributed by atoms with Gasteiger partial charge in [-0.15, -0.1) is 0 Å². The Labute approximate surface area is 189 Å². The van der Waals surface area contributed by atoms with Crippen molar-refractivity contribution in [1.29, 1.82) is 0 Å². The Morgan fingerprint density at radius 1 is 1.19 bits per heavy atom. The number of nitrogens with zero attached hydrogens (tertiary/aromatic N) is 4. The van der Waals surface area contributed by atoms with Crippen LogP contribution in [-0.2, 0) is 9.53 Å². The van der Waals surface area contributed by atoms with Crippen LogP contribution in [0, 0.1) is 17.8 Å². The largest absolute Gasteiger partial charge is 0.376 e. The highest BCUT2D eigenvalue weighted by Crippen LogP contribution is 2.51. The van der Waals surface area contributed by atoms with Crippen LogP contribution in [-0.4, -0.2) is 64.7 Å². The van der Waals surface area contributed by atoms with E-state index in [4.69, 9.17) is 22.1 Å². The number of aromatic nitrogens is 2. The standard InChI is InChI=1S/C23H34ClN5O2/c1-2-31-21-13-28(23-26-11-16(24)12-27-23)6-5-19(21)14-7-17-3-4-18(8-14)29(17)20-9-15(20)10-22(25)30/h11-12,14-15,17-21H,2-10,13H2,1H3,(H2,25,30)/t15-,17-,18-,19-,20-,21-/m1/s1. The molecule has 7 nitrogen and oxygen atoms in total. The number of anilines is 1. The van der Waals surface area contributed by atoms with Crippen LogP contribution in [0.25, 0.3) is 0 Å². The van der Waals surface area contributed by atoms with Crippen LogP contribution in [0.5, 0.6) is 0 Å². The van der Waals surface area contributed by atoms with Crippen molar-refractivity contribution in [3.8, 4) is 0 Å². The van der Waals surface area contributed by atoms with Gasteiger partial charge in [-0.3, -0.25) is 9.69 Å². The Balaban J connectivity index is 1.23. The first kappa shape index (κ1) is 21.4. The fraction of sp³-hybridized carbons (Fsp3) is 0.783. The molecule has 4 fully saturated rings. The highest BCUT2D eigenvalue weighted by atomic mass is 35.5. The van der Waals surface area contributed by atoms with Gasteiger partial charge in [0.25, 0.3) is 0 Å². The van der Waals surface area contributed by atoms with E-state index in [1.807, 2.05) is 0 Å². The lowest BCUT2D eigenvalue weighted by molar-refractivity contribution is -0.118. The molecule has 0 unspecified atom stereocenters. The quantitative estimate of drug-likeness (QED) is 0.691. The SMILES string of the molecule is CCO[C@@H]1CN(c2ncc(Cl)cn2)CC[C@@H]1C1C[C@H]2CC[C@H](C1)N2[C@@H]1C[C@@H]1CC(N)=O. The Morgan fingerprint density at radius 2 is 1.90 bits per heavy atom. The normalized spacial score (nSPS) is 37.7. The van der Waals surface area contributed by atoms with Gasteiger partial charge in [0.2, 0.25) is 11.9 Å². The van der Waals surface area contributed by atoms with E-state index in [0.717, 1.165) is 38.5 Å². The third-order valence-electron chi connectivity index (χ3n) is 8.04. The molecule has 0 spiro atoms. The number of hydrogen-bond donors (Lipinski definition) is 1. The van der Waals surface area contributed by atoms with E-state index < -0.39 is 0 Å². The van der Waals surface area contributed by atoms with Crippen molar-refractivity contribution >= 4 is 23.5 Å². The number of ether oxygens (including phenoxy) is 1. The summed E-state index contributed by atoms with van der Waals surface area (Å²) in [5, 5.41) is 0.566. The molecule has 3 aliphatic heterocycles. The number of amides is 1. The van der Waals surface area contributed by atoms with E-state index in [9.17, 15) is 4.79 Å². The van der Waals surface area contributed by atoms with Crippen molar-refractivity contribution in [2.45, 2.75) is 76.1 Å². The molecular formula is C23H34ClN5O2. The molecule has 6 atom stereocenters. The zero-order chi connectivity index (χ0) is 21.5. The first-order valence-electron chi connectivity index (χ1n) is 11.9. The number of carbonyl (C=O) groups excluding carboxylic acids is 1. The molecule has 8 heteroatoms. The van der Waals surface area contributed by atoms with Crippen LogP contribution >= 0.6 is 11.6 Å². The van der Waals surface area contributed by atoms with Crippen LogP contribution < -0.4 is 10.6 Å². The van der Waals surface area contributed by atoms with Crippen LogP contribution in [0.1, 0.15) is 51.9 Å². The minimum Gasteiger partial charge on any atom is -0.376 e. The summed E-state index contributed by atoms with van der Waals surface area (Å²) in [6.07, 6.45) is 11.5.